The predicted octanol–water partition coefficient (Wildman–Crippen LogP) is 2.39. The van der Waals surface area contributed by atoms with E-state index in [0.29, 0.717) is 16.6 Å². The third-order valence-corrected chi connectivity index (χ3v) is 3.07. The molecule has 0 radical (unpaired) electrons. The van der Waals surface area contributed by atoms with Gasteiger partial charge in [0.15, 0.2) is 0 Å². The van der Waals surface area contributed by atoms with Crippen LogP contribution in [-0.4, -0.2) is 19.0 Å². The van der Waals surface area contributed by atoms with Crippen LogP contribution in [0.5, 0.6) is 0 Å². The number of hydrogen-bond donors (Lipinski definition) is 2. The van der Waals surface area contributed by atoms with Gasteiger partial charge in [-0.3, -0.25) is 10.1 Å². The summed E-state index contributed by atoms with van der Waals surface area (Å²) >= 11 is 11.7. The molecule has 1 aromatic carbocycles. The average molecular weight is 285 g/mol. The zero-order valence-electron chi connectivity index (χ0n) is 9.97. The summed E-state index contributed by atoms with van der Waals surface area (Å²) in [5, 5.41) is 6.61. The Balaban J connectivity index is 2.54. The van der Waals surface area contributed by atoms with E-state index in [1.165, 1.54) is 0 Å². The van der Waals surface area contributed by atoms with Crippen molar-refractivity contribution in [1.82, 2.24) is 10.6 Å². The number of terminal acetylenes is 1. The van der Waals surface area contributed by atoms with Crippen LogP contribution in [0.15, 0.2) is 18.2 Å². The minimum Gasteiger partial charge on any atom is -0.348 e. The van der Waals surface area contributed by atoms with Crippen molar-refractivity contribution in [2.45, 2.75) is 13.0 Å². The number of benzene rings is 1. The van der Waals surface area contributed by atoms with Crippen molar-refractivity contribution >= 4 is 29.1 Å². The van der Waals surface area contributed by atoms with Crippen LogP contribution >= 0.6 is 23.2 Å². The molecule has 0 aliphatic carbocycles. The molecule has 1 aromatic rings. The van der Waals surface area contributed by atoms with E-state index in [0.717, 1.165) is 5.56 Å². The summed E-state index contributed by atoms with van der Waals surface area (Å²) in [6.45, 7) is 2.43. The molecule has 0 fully saturated rings. The Kier molecular flexibility index (Phi) is 6.00. The molecule has 0 aromatic heterocycles. The Morgan fingerprint density at radius 2 is 2.17 bits per heavy atom. The van der Waals surface area contributed by atoms with Crippen LogP contribution < -0.4 is 10.6 Å². The van der Waals surface area contributed by atoms with E-state index in [2.05, 4.69) is 16.6 Å². The molecule has 2 N–H and O–H groups in total. The van der Waals surface area contributed by atoms with Gasteiger partial charge in [0, 0.05) is 0 Å². The highest BCUT2D eigenvalue weighted by molar-refractivity contribution is 6.42. The van der Waals surface area contributed by atoms with Gasteiger partial charge in [-0.25, -0.2) is 0 Å². The topological polar surface area (TPSA) is 41.1 Å². The smallest absolute Gasteiger partial charge is 0.234 e. The first kappa shape index (κ1) is 14.8. The number of carbonyl (C=O) groups excluding carboxylic acids is 1. The highest BCUT2D eigenvalue weighted by atomic mass is 35.5. The highest BCUT2D eigenvalue weighted by Gasteiger charge is 2.10. The molecular weight excluding hydrogens is 271 g/mol. The summed E-state index contributed by atoms with van der Waals surface area (Å²) in [6.07, 6.45) is 5.07. The highest BCUT2D eigenvalue weighted by Crippen LogP contribution is 2.25. The third kappa shape index (κ3) is 4.58. The lowest BCUT2D eigenvalue weighted by Gasteiger charge is -2.15. The molecule has 1 atom stereocenters. The lowest BCUT2D eigenvalue weighted by molar-refractivity contribution is -0.120. The maximum atomic E-state index is 11.6. The summed E-state index contributed by atoms with van der Waals surface area (Å²) in [4.78, 5) is 11.6. The van der Waals surface area contributed by atoms with Crippen molar-refractivity contribution in [2.75, 3.05) is 13.1 Å². The second-order valence-electron chi connectivity index (χ2n) is 3.77. The first-order valence-corrected chi connectivity index (χ1v) is 6.18. The maximum absolute atomic E-state index is 11.6. The van der Waals surface area contributed by atoms with E-state index in [1.54, 1.807) is 12.1 Å². The molecule has 0 aliphatic rings. The van der Waals surface area contributed by atoms with Crippen LogP contribution in [0, 0.1) is 12.3 Å². The number of hydrogen-bond acceptors (Lipinski definition) is 2. The van der Waals surface area contributed by atoms with Crippen LogP contribution in [0.3, 0.4) is 0 Å². The van der Waals surface area contributed by atoms with Gasteiger partial charge in [0.2, 0.25) is 5.91 Å². The Labute approximate surface area is 117 Å². The Morgan fingerprint density at radius 1 is 1.44 bits per heavy atom. The third-order valence-electron chi connectivity index (χ3n) is 2.33. The number of carbonyl (C=O) groups is 1. The molecule has 1 amide bonds. The molecule has 3 nitrogen and oxygen atoms in total. The molecule has 0 aliphatic heterocycles. The van der Waals surface area contributed by atoms with Gasteiger partial charge in [0.1, 0.15) is 0 Å². The van der Waals surface area contributed by atoms with Gasteiger partial charge in [0.25, 0.3) is 0 Å². The number of halogens is 2. The number of rotatable bonds is 5. The van der Waals surface area contributed by atoms with E-state index in [9.17, 15) is 4.79 Å². The average Bonchev–Trinajstić information content (AvgIpc) is 2.33. The van der Waals surface area contributed by atoms with Crippen molar-refractivity contribution in [2.24, 2.45) is 0 Å². The summed E-state index contributed by atoms with van der Waals surface area (Å²) in [7, 11) is 0. The molecular formula is C13H14Cl2N2O. The normalized spacial score (nSPS) is 11.7. The van der Waals surface area contributed by atoms with Crippen LogP contribution in [0.25, 0.3) is 0 Å². The fourth-order valence-corrected chi connectivity index (χ4v) is 1.71. The SMILES string of the molecule is C#CCNCC(=O)NC(C)c1ccc(Cl)c(Cl)c1. The van der Waals surface area contributed by atoms with Crippen molar-refractivity contribution in [1.29, 1.82) is 0 Å². The summed E-state index contributed by atoms with van der Waals surface area (Å²) in [5.41, 5.74) is 0.898. The van der Waals surface area contributed by atoms with Gasteiger partial charge in [-0.1, -0.05) is 35.2 Å². The fourth-order valence-electron chi connectivity index (χ4n) is 1.41. The molecule has 0 saturated carbocycles. The van der Waals surface area contributed by atoms with Crippen molar-refractivity contribution in [3.63, 3.8) is 0 Å². The Bertz CT molecular complexity index is 469. The molecule has 0 heterocycles. The van der Waals surface area contributed by atoms with Crippen molar-refractivity contribution < 1.29 is 4.79 Å². The number of nitrogens with one attached hydrogen (secondary N) is 2. The molecule has 0 spiro atoms. The standard InChI is InChI=1S/C13H14Cl2N2O/c1-3-6-16-8-13(18)17-9(2)10-4-5-11(14)12(15)7-10/h1,4-5,7,9,16H,6,8H2,2H3,(H,17,18). The van der Waals surface area contributed by atoms with Crippen LogP contribution in [0.4, 0.5) is 0 Å². The fraction of sp³-hybridized carbons (Fsp3) is 0.308. The maximum Gasteiger partial charge on any atom is 0.234 e. The van der Waals surface area contributed by atoms with E-state index >= 15 is 0 Å². The monoisotopic (exact) mass is 284 g/mol. The van der Waals surface area contributed by atoms with Crippen LogP contribution in [-0.2, 0) is 4.79 Å². The Morgan fingerprint density at radius 3 is 2.78 bits per heavy atom. The van der Waals surface area contributed by atoms with Crippen LogP contribution in [0.2, 0.25) is 10.0 Å². The molecule has 1 unspecified atom stereocenters. The largest absolute Gasteiger partial charge is 0.348 e. The van der Waals surface area contributed by atoms with Gasteiger partial charge >= 0.3 is 0 Å². The summed E-state index contributed by atoms with van der Waals surface area (Å²) in [5.74, 6) is 2.28. The Hall–Kier alpha value is -1.21. The molecule has 18 heavy (non-hydrogen) atoms. The minimum absolute atomic E-state index is 0.121. The quantitative estimate of drug-likeness (QED) is 0.644. The van der Waals surface area contributed by atoms with E-state index < -0.39 is 0 Å². The summed E-state index contributed by atoms with van der Waals surface area (Å²) < 4.78 is 0. The lowest BCUT2D eigenvalue weighted by atomic mass is 10.1. The van der Waals surface area contributed by atoms with E-state index in [-0.39, 0.29) is 18.5 Å². The van der Waals surface area contributed by atoms with Crippen molar-refractivity contribution in [3.05, 3.63) is 33.8 Å². The van der Waals surface area contributed by atoms with Gasteiger partial charge in [0.05, 0.1) is 29.2 Å². The second kappa shape index (κ2) is 7.27. The van der Waals surface area contributed by atoms with Gasteiger partial charge in [-0.15, -0.1) is 6.42 Å². The predicted molar refractivity (Wildman–Crippen MR) is 74.7 cm³/mol. The first-order valence-electron chi connectivity index (χ1n) is 5.43. The van der Waals surface area contributed by atoms with Crippen LogP contribution in [0.1, 0.15) is 18.5 Å². The van der Waals surface area contributed by atoms with Crippen molar-refractivity contribution in [3.8, 4) is 12.3 Å². The molecule has 0 saturated heterocycles. The molecule has 5 heteroatoms. The first-order chi connectivity index (χ1) is 8.54. The van der Waals surface area contributed by atoms with Gasteiger partial charge < -0.3 is 5.32 Å². The molecule has 96 valence electrons. The van der Waals surface area contributed by atoms with E-state index in [4.69, 9.17) is 29.6 Å². The number of amides is 1. The van der Waals surface area contributed by atoms with E-state index in [1.807, 2.05) is 13.0 Å². The molecule has 0 bridgehead atoms. The van der Waals surface area contributed by atoms with Gasteiger partial charge in [-0.05, 0) is 24.6 Å². The molecule has 1 rings (SSSR count). The minimum atomic E-state index is -0.139. The lowest BCUT2D eigenvalue weighted by Crippen LogP contribution is -2.35. The zero-order chi connectivity index (χ0) is 13.5. The zero-order valence-corrected chi connectivity index (χ0v) is 11.5. The second-order valence-corrected chi connectivity index (χ2v) is 4.58. The van der Waals surface area contributed by atoms with Gasteiger partial charge in [-0.2, -0.15) is 0 Å². The summed E-state index contributed by atoms with van der Waals surface area (Å²) in [6, 6.07) is 5.14.